The Morgan fingerprint density at radius 2 is 2.09 bits per heavy atom. The molecule has 0 aromatic heterocycles. The highest BCUT2D eigenvalue weighted by atomic mass is 16.5. The predicted molar refractivity (Wildman–Crippen MR) is 88.2 cm³/mol. The van der Waals surface area contributed by atoms with Crippen molar-refractivity contribution < 1.29 is 14.6 Å². The summed E-state index contributed by atoms with van der Waals surface area (Å²) in [5.74, 6) is 0.488. The summed E-state index contributed by atoms with van der Waals surface area (Å²) >= 11 is 0. The van der Waals surface area contributed by atoms with Gasteiger partial charge in [-0.3, -0.25) is 0 Å². The smallest absolute Gasteiger partial charge is 0.319 e. The maximum Gasteiger partial charge on any atom is 0.319 e. The summed E-state index contributed by atoms with van der Waals surface area (Å²) in [5, 5.41) is 15.7. The van der Waals surface area contributed by atoms with Gasteiger partial charge >= 0.3 is 6.03 Å². The topological polar surface area (TPSA) is 70.6 Å². The van der Waals surface area contributed by atoms with E-state index in [0.29, 0.717) is 5.75 Å². The Labute approximate surface area is 136 Å². The molecule has 1 heterocycles. The fourth-order valence-corrected chi connectivity index (χ4v) is 3.67. The SMILES string of the molecule is COc1cc(C2NC(=O)NC3=C2C(C)(C)CC(C)=C3)ccc1O. The minimum atomic E-state index is -0.243. The van der Waals surface area contributed by atoms with Gasteiger partial charge in [0.25, 0.3) is 0 Å². The molecule has 1 aliphatic carbocycles. The van der Waals surface area contributed by atoms with E-state index < -0.39 is 0 Å². The number of benzene rings is 1. The van der Waals surface area contributed by atoms with Gasteiger partial charge in [0.2, 0.25) is 0 Å². The molecule has 0 bridgehead atoms. The molecule has 0 saturated heterocycles. The van der Waals surface area contributed by atoms with Gasteiger partial charge in [0.15, 0.2) is 11.5 Å². The zero-order valence-corrected chi connectivity index (χ0v) is 13.9. The van der Waals surface area contributed by atoms with Crippen LogP contribution >= 0.6 is 0 Å². The lowest BCUT2D eigenvalue weighted by Crippen LogP contribution is -2.47. The molecular weight excluding hydrogens is 292 g/mol. The number of hydrogen-bond donors (Lipinski definition) is 3. The number of aromatic hydroxyl groups is 1. The van der Waals surface area contributed by atoms with E-state index >= 15 is 0 Å². The third kappa shape index (κ3) is 2.67. The average Bonchev–Trinajstić information content (AvgIpc) is 2.45. The number of urea groups is 1. The fraction of sp³-hybridized carbons (Fsp3) is 0.389. The highest BCUT2D eigenvalue weighted by molar-refractivity contribution is 5.80. The Kier molecular flexibility index (Phi) is 3.59. The molecular formula is C18H22N2O3. The molecule has 0 fully saturated rings. The number of phenols is 1. The van der Waals surface area contributed by atoms with Crippen molar-refractivity contribution >= 4 is 6.03 Å². The van der Waals surface area contributed by atoms with Gasteiger partial charge in [-0.25, -0.2) is 4.79 Å². The van der Waals surface area contributed by atoms with Crippen molar-refractivity contribution in [3.8, 4) is 11.5 Å². The lowest BCUT2D eigenvalue weighted by atomic mass is 9.70. The van der Waals surface area contributed by atoms with Crippen molar-refractivity contribution in [2.75, 3.05) is 7.11 Å². The van der Waals surface area contributed by atoms with Crippen LogP contribution < -0.4 is 15.4 Å². The maximum atomic E-state index is 12.1. The van der Waals surface area contributed by atoms with E-state index in [2.05, 4.69) is 31.4 Å². The number of amides is 2. The first-order chi connectivity index (χ1) is 10.8. The van der Waals surface area contributed by atoms with E-state index in [0.717, 1.165) is 23.3 Å². The van der Waals surface area contributed by atoms with Crippen LogP contribution in [0.1, 0.15) is 38.8 Å². The van der Waals surface area contributed by atoms with Crippen molar-refractivity contribution in [1.29, 1.82) is 0 Å². The van der Waals surface area contributed by atoms with Crippen LogP contribution in [0.4, 0.5) is 4.79 Å². The second-order valence-corrected chi connectivity index (χ2v) is 6.84. The van der Waals surface area contributed by atoms with Crippen molar-refractivity contribution in [2.24, 2.45) is 5.41 Å². The predicted octanol–water partition coefficient (Wildman–Crippen LogP) is 3.39. The fourth-order valence-electron chi connectivity index (χ4n) is 3.67. The number of nitrogens with one attached hydrogen (secondary N) is 2. The van der Waals surface area contributed by atoms with E-state index in [9.17, 15) is 9.90 Å². The zero-order chi connectivity index (χ0) is 16.8. The molecule has 1 atom stereocenters. The van der Waals surface area contributed by atoms with E-state index in [1.807, 2.05) is 12.1 Å². The maximum absolute atomic E-state index is 12.1. The molecule has 1 aromatic rings. The second kappa shape index (κ2) is 5.33. The normalized spacial score (nSPS) is 22.7. The van der Waals surface area contributed by atoms with E-state index in [-0.39, 0.29) is 23.2 Å². The Morgan fingerprint density at radius 3 is 2.78 bits per heavy atom. The number of carbonyl (C=O) groups excluding carboxylic acids is 1. The first-order valence-electron chi connectivity index (χ1n) is 7.68. The van der Waals surface area contributed by atoms with Crippen LogP contribution in [0.5, 0.6) is 11.5 Å². The number of rotatable bonds is 2. The molecule has 3 rings (SSSR count). The van der Waals surface area contributed by atoms with Gasteiger partial charge in [-0.1, -0.05) is 25.5 Å². The molecule has 0 radical (unpaired) electrons. The number of phenolic OH excluding ortho intramolecular Hbond substituents is 1. The molecule has 1 unspecified atom stereocenters. The van der Waals surface area contributed by atoms with Crippen LogP contribution in [-0.2, 0) is 0 Å². The Balaban J connectivity index is 2.14. The molecule has 5 nitrogen and oxygen atoms in total. The van der Waals surface area contributed by atoms with Crippen LogP contribution in [0.3, 0.4) is 0 Å². The Bertz CT molecular complexity index is 732. The summed E-state index contributed by atoms with van der Waals surface area (Å²) < 4.78 is 5.20. The molecule has 2 amide bonds. The summed E-state index contributed by atoms with van der Waals surface area (Å²) in [6.45, 7) is 6.45. The molecule has 122 valence electrons. The highest BCUT2D eigenvalue weighted by Crippen LogP contribution is 2.47. The zero-order valence-electron chi connectivity index (χ0n) is 13.9. The molecule has 1 aliphatic heterocycles. The summed E-state index contributed by atoms with van der Waals surface area (Å²) in [6.07, 6.45) is 2.99. The van der Waals surface area contributed by atoms with Gasteiger partial charge in [-0.15, -0.1) is 0 Å². The molecule has 0 saturated carbocycles. The number of carbonyl (C=O) groups is 1. The van der Waals surface area contributed by atoms with E-state index in [1.165, 1.54) is 12.7 Å². The van der Waals surface area contributed by atoms with Gasteiger partial charge in [-0.2, -0.15) is 0 Å². The molecule has 23 heavy (non-hydrogen) atoms. The van der Waals surface area contributed by atoms with Crippen LogP contribution in [0.25, 0.3) is 0 Å². The molecule has 5 heteroatoms. The van der Waals surface area contributed by atoms with E-state index in [4.69, 9.17) is 4.74 Å². The first-order valence-corrected chi connectivity index (χ1v) is 7.68. The first kappa shape index (κ1) is 15.5. The van der Waals surface area contributed by atoms with Gasteiger partial charge in [0.1, 0.15) is 0 Å². The molecule has 3 N–H and O–H groups in total. The summed E-state index contributed by atoms with van der Waals surface area (Å²) in [6, 6.07) is 4.73. The van der Waals surface area contributed by atoms with Gasteiger partial charge in [0, 0.05) is 5.70 Å². The van der Waals surface area contributed by atoms with Crippen LogP contribution in [0.2, 0.25) is 0 Å². The third-order valence-corrected chi connectivity index (χ3v) is 4.48. The summed E-state index contributed by atoms with van der Waals surface area (Å²) in [4.78, 5) is 12.1. The highest BCUT2D eigenvalue weighted by Gasteiger charge is 2.39. The van der Waals surface area contributed by atoms with Crippen LogP contribution in [-0.4, -0.2) is 18.2 Å². The Morgan fingerprint density at radius 1 is 1.35 bits per heavy atom. The van der Waals surface area contributed by atoms with Gasteiger partial charge in [-0.05, 0) is 48.1 Å². The average molecular weight is 314 g/mol. The van der Waals surface area contributed by atoms with Crippen molar-refractivity contribution in [2.45, 2.75) is 33.2 Å². The van der Waals surface area contributed by atoms with E-state index in [1.54, 1.807) is 12.1 Å². The minimum absolute atomic E-state index is 0.0787. The lowest BCUT2D eigenvalue weighted by Gasteiger charge is -2.41. The van der Waals surface area contributed by atoms with Crippen LogP contribution in [0, 0.1) is 5.41 Å². The molecule has 2 aliphatic rings. The number of hydrogen-bond acceptors (Lipinski definition) is 3. The summed E-state index contributed by atoms with van der Waals surface area (Å²) in [7, 11) is 1.52. The standard InChI is InChI=1S/C18H22N2O3/c1-10-7-12-15(18(2,3)9-10)16(20-17(22)19-12)11-5-6-13(21)14(8-11)23-4/h5-8,16,21H,9H2,1-4H3,(H2,19,20,22). The van der Waals surface area contributed by atoms with Crippen molar-refractivity contribution in [3.05, 3.63) is 46.7 Å². The van der Waals surface area contributed by atoms with Crippen molar-refractivity contribution in [3.63, 3.8) is 0 Å². The lowest BCUT2D eigenvalue weighted by molar-refractivity contribution is 0.234. The number of methoxy groups -OCH3 is 1. The molecule has 0 spiro atoms. The van der Waals surface area contributed by atoms with Crippen molar-refractivity contribution in [1.82, 2.24) is 10.6 Å². The quantitative estimate of drug-likeness (QED) is 0.783. The van der Waals surface area contributed by atoms with Crippen LogP contribution in [0.15, 0.2) is 41.1 Å². The second-order valence-electron chi connectivity index (χ2n) is 6.84. The summed E-state index contributed by atoms with van der Waals surface area (Å²) in [5.41, 5.74) is 4.08. The largest absolute Gasteiger partial charge is 0.504 e. The number of ether oxygens (including phenoxy) is 1. The molecule has 1 aromatic carbocycles. The van der Waals surface area contributed by atoms with Gasteiger partial charge < -0.3 is 20.5 Å². The number of allylic oxidation sites excluding steroid dienone is 2. The Hall–Kier alpha value is -2.43. The third-order valence-electron chi connectivity index (χ3n) is 4.48. The monoisotopic (exact) mass is 314 g/mol. The minimum Gasteiger partial charge on any atom is -0.504 e. The van der Waals surface area contributed by atoms with Gasteiger partial charge in [0.05, 0.1) is 13.2 Å².